The molecule has 1 atom stereocenters. The van der Waals surface area contributed by atoms with Crippen molar-refractivity contribution in [2.75, 3.05) is 26.2 Å². The molecule has 0 aromatic heterocycles. The summed E-state index contributed by atoms with van der Waals surface area (Å²) in [7, 11) is 0. The van der Waals surface area contributed by atoms with Crippen LogP contribution in [0.2, 0.25) is 0 Å². The summed E-state index contributed by atoms with van der Waals surface area (Å²) in [4.78, 5) is 18.1. The average molecular weight is 356 g/mol. The lowest BCUT2D eigenvalue weighted by Crippen LogP contribution is -2.49. The van der Waals surface area contributed by atoms with Crippen LogP contribution in [0, 0.1) is 5.82 Å². The van der Waals surface area contributed by atoms with Crippen LogP contribution in [0.3, 0.4) is 0 Å². The van der Waals surface area contributed by atoms with Crippen LogP contribution in [0.1, 0.15) is 24.1 Å². The van der Waals surface area contributed by atoms with Crippen molar-refractivity contribution in [1.82, 2.24) is 9.80 Å². The number of carbonyl (C=O) groups is 1. The van der Waals surface area contributed by atoms with Gasteiger partial charge in [-0.25, -0.2) is 4.39 Å². The number of fused-ring (bicyclic) bond motifs is 2. The highest BCUT2D eigenvalue weighted by atomic mass is 32.2. The van der Waals surface area contributed by atoms with Crippen LogP contribution in [-0.2, 0) is 11.2 Å². The van der Waals surface area contributed by atoms with Gasteiger partial charge in [-0.3, -0.25) is 9.69 Å². The fourth-order valence-corrected chi connectivity index (χ4v) is 4.93. The summed E-state index contributed by atoms with van der Waals surface area (Å²) >= 11 is 1.66. The molecule has 0 saturated carbocycles. The van der Waals surface area contributed by atoms with Crippen LogP contribution in [0.5, 0.6) is 0 Å². The summed E-state index contributed by atoms with van der Waals surface area (Å²) in [5.74, 6) is 0.0121. The standard InChI is InChI=1S/C20H21FN2OS/c1-14(24)22-9-11-23(12-10-22)18-13-16-17(21)6-4-8-20(16)25-19-7-3-2-5-15(18)19/h2-8,18H,9-13H2,1H3. The Kier molecular flexibility index (Phi) is 4.52. The molecule has 4 rings (SSSR count). The van der Waals surface area contributed by atoms with Gasteiger partial charge in [0.15, 0.2) is 0 Å². The van der Waals surface area contributed by atoms with E-state index in [9.17, 15) is 9.18 Å². The second kappa shape index (κ2) is 6.81. The van der Waals surface area contributed by atoms with Gasteiger partial charge in [-0.2, -0.15) is 0 Å². The van der Waals surface area contributed by atoms with Gasteiger partial charge in [0, 0.05) is 54.5 Å². The van der Waals surface area contributed by atoms with Crippen LogP contribution >= 0.6 is 11.8 Å². The van der Waals surface area contributed by atoms with Gasteiger partial charge in [-0.1, -0.05) is 36.0 Å². The minimum absolute atomic E-state index is 0.120. The number of hydrogen-bond acceptors (Lipinski definition) is 3. The topological polar surface area (TPSA) is 23.6 Å². The van der Waals surface area contributed by atoms with Crippen LogP contribution in [-0.4, -0.2) is 41.9 Å². The third kappa shape index (κ3) is 3.18. The van der Waals surface area contributed by atoms with Crippen LogP contribution in [0.15, 0.2) is 52.3 Å². The monoisotopic (exact) mass is 356 g/mol. The highest BCUT2D eigenvalue weighted by Crippen LogP contribution is 2.43. The number of piperazine rings is 1. The van der Waals surface area contributed by atoms with E-state index in [1.165, 1.54) is 10.5 Å². The largest absolute Gasteiger partial charge is 0.340 e. The summed E-state index contributed by atoms with van der Waals surface area (Å²) in [6, 6.07) is 13.9. The van der Waals surface area contributed by atoms with Gasteiger partial charge in [0.1, 0.15) is 5.82 Å². The van der Waals surface area contributed by atoms with E-state index >= 15 is 0 Å². The fourth-order valence-electron chi connectivity index (χ4n) is 3.78. The molecule has 0 spiro atoms. The summed E-state index contributed by atoms with van der Waals surface area (Å²) in [6.07, 6.45) is 0.673. The quantitative estimate of drug-likeness (QED) is 0.778. The molecular weight excluding hydrogens is 335 g/mol. The normalized spacial score (nSPS) is 20.6. The van der Waals surface area contributed by atoms with E-state index in [2.05, 4.69) is 23.1 Å². The van der Waals surface area contributed by atoms with Crippen molar-refractivity contribution in [2.45, 2.75) is 29.2 Å². The Morgan fingerprint density at radius 1 is 1.04 bits per heavy atom. The molecule has 3 nitrogen and oxygen atoms in total. The Morgan fingerprint density at radius 3 is 2.52 bits per heavy atom. The smallest absolute Gasteiger partial charge is 0.219 e. The van der Waals surface area contributed by atoms with Crippen LogP contribution in [0.4, 0.5) is 4.39 Å². The van der Waals surface area contributed by atoms with E-state index in [0.29, 0.717) is 6.42 Å². The van der Waals surface area contributed by atoms with Crippen molar-refractivity contribution in [1.29, 1.82) is 0 Å². The Balaban J connectivity index is 1.69. The van der Waals surface area contributed by atoms with Gasteiger partial charge in [-0.15, -0.1) is 0 Å². The van der Waals surface area contributed by atoms with E-state index < -0.39 is 0 Å². The fraction of sp³-hybridized carbons (Fsp3) is 0.350. The highest BCUT2D eigenvalue weighted by molar-refractivity contribution is 7.99. The van der Waals surface area contributed by atoms with E-state index in [1.807, 2.05) is 17.0 Å². The van der Waals surface area contributed by atoms with E-state index in [4.69, 9.17) is 0 Å². The van der Waals surface area contributed by atoms with Crippen LogP contribution in [0.25, 0.3) is 0 Å². The van der Waals surface area contributed by atoms with Gasteiger partial charge in [-0.05, 0) is 30.2 Å². The Morgan fingerprint density at radius 2 is 1.76 bits per heavy atom. The lowest BCUT2D eigenvalue weighted by atomic mass is 9.96. The number of halogens is 1. The van der Waals surface area contributed by atoms with Gasteiger partial charge in [0.25, 0.3) is 0 Å². The molecule has 0 bridgehead atoms. The molecule has 0 N–H and O–H groups in total. The van der Waals surface area contributed by atoms with Gasteiger partial charge in [0.2, 0.25) is 5.91 Å². The van der Waals surface area contributed by atoms with Gasteiger partial charge >= 0.3 is 0 Å². The highest BCUT2D eigenvalue weighted by Gasteiger charge is 2.31. The number of rotatable bonds is 1. The molecule has 130 valence electrons. The molecule has 2 heterocycles. The van der Waals surface area contributed by atoms with Crippen LogP contribution < -0.4 is 0 Å². The molecule has 2 aromatic carbocycles. The second-order valence-corrected chi connectivity index (χ2v) is 7.70. The van der Waals surface area contributed by atoms with Crippen molar-refractivity contribution < 1.29 is 9.18 Å². The predicted molar refractivity (Wildman–Crippen MR) is 97.2 cm³/mol. The maximum Gasteiger partial charge on any atom is 0.219 e. The summed E-state index contributed by atoms with van der Waals surface area (Å²) < 4.78 is 14.5. The minimum atomic E-state index is -0.120. The number of carbonyl (C=O) groups excluding carboxylic acids is 1. The summed E-state index contributed by atoms with van der Waals surface area (Å²) in [6.45, 7) is 4.76. The average Bonchev–Trinajstić information content (AvgIpc) is 2.79. The third-order valence-corrected chi connectivity index (χ3v) is 6.37. The molecule has 5 heteroatoms. The first-order valence-corrected chi connectivity index (χ1v) is 9.49. The lowest BCUT2D eigenvalue weighted by molar-refractivity contribution is -0.130. The molecule has 2 aliphatic rings. The minimum Gasteiger partial charge on any atom is -0.340 e. The van der Waals surface area contributed by atoms with Crippen molar-refractivity contribution in [2.24, 2.45) is 0 Å². The second-order valence-electron chi connectivity index (χ2n) is 6.62. The van der Waals surface area contributed by atoms with E-state index in [-0.39, 0.29) is 17.8 Å². The molecule has 0 radical (unpaired) electrons. The molecule has 0 aliphatic carbocycles. The predicted octanol–water partition coefficient (Wildman–Crippen LogP) is 3.74. The van der Waals surface area contributed by atoms with Gasteiger partial charge < -0.3 is 4.90 Å². The zero-order valence-electron chi connectivity index (χ0n) is 14.2. The molecule has 1 saturated heterocycles. The number of hydrogen-bond donors (Lipinski definition) is 0. The van der Waals surface area contributed by atoms with Crippen molar-refractivity contribution in [3.05, 3.63) is 59.4 Å². The zero-order chi connectivity index (χ0) is 17.4. The van der Waals surface area contributed by atoms with Crippen molar-refractivity contribution in [3.8, 4) is 0 Å². The molecule has 1 unspecified atom stereocenters. The molecular formula is C20H21FN2OS. The maximum absolute atomic E-state index is 14.5. The maximum atomic E-state index is 14.5. The lowest BCUT2D eigenvalue weighted by Gasteiger charge is -2.39. The van der Waals surface area contributed by atoms with Crippen molar-refractivity contribution >= 4 is 17.7 Å². The Hall–Kier alpha value is -1.85. The zero-order valence-corrected chi connectivity index (χ0v) is 15.1. The SMILES string of the molecule is CC(=O)N1CCN(C2Cc3c(F)cccc3Sc3ccccc32)CC1. The Bertz CT molecular complexity index is 802. The summed E-state index contributed by atoms with van der Waals surface area (Å²) in [5.41, 5.74) is 2.07. The first kappa shape index (κ1) is 16.6. The Labute approximate surface area is 151 Å². The van der Waals surface area contributed by atoms with E-state index in [1.54, 1.807) is 30.8 Å². The molecule has 2 aliphatic heterocycles. The summed E-state index contributed by atoms with van der Waals surface area (Å²) in [5, 5.41) is 0. The molecule has 2 aromatic rings. The third-order valence-electron chi connectivity index (χ3n) is 5.17. The first-order valence-electron chi connectivity index (χ1n) is 8.67. The van der Waals surface area contributed by atoms with Crippen molar-refractivity contribution in [3.63, 3.8) is 0 Å². The molecule has 1 fully saturated rings. The van der Waals surface area contributed by atoms with Gasteiger partial charge in [0.05, 0.1) is 0 Å². The first-order chi connectivity index (χ1) is 12.1. The molecule has 25 heavy (non-hydrogen) atoms. The number of benzene rings is 2. The van der Waals surface area contributed by atoms with E-state index in [0.717, 1.165) is 36.6 Å². The number of nitrogens with zero attached hydrogens (tertiary/aromatic N) is 2. The molecule has 1 amide bonds. The number of amides is 1.